The minimum atomic E-state index is -4.24. The molecule has 0 bridgehead atoms. The van der Waals surface area contributed by atoms with Crippen molar-refractivity contribution in [2.24, 2.45) is 0 Å². The van der Waals surface area contributed by atoms with E-state index in [-0.39, 0.29) is 12.2 Å². The van der Waals surface area contributed by atoms with Crippen molar-refractivity contribution in [3.8, 4) is 16.3 Å². The normalized spacial score (nSPS) is 11.5. The van der Waals surface area contributed by atoms with E-state index in [1.54, 1.807) is 22.7 Å². The third-order valence-corrected chi connectivity index (χ3v) is 8.13. The van der Waals surface area contributed by atoms with Crippen molar-refractivity contribution in [2.45, 2.75) is 19.9 Å². The van der Waals surface area contributed by atoms with Crippen molar-refractivity contribution in [1.29, 1.82) is 0 Å². The predicted molar refractivity (Wildman–Crippen MR) is 150 cm³/mol. The molecule has 0 fully saturated rings. The molecular weight excluding hydrogens is 543 g/mol. The van der Waals surface area contributed by atoms with Crippen LogP contribution >= 0.6 is 22.7 Å². The van der Waals surface area contributed by atoms with Crippen LogP contribution < -0.4 is 4.57 Å². The Labute approximate surface area is 228 Å². The lowest BCUT2D eigenvalue weighted by atomic mass is 10.2. The Bertz CT molecular complexity index is 1650. The Morgan fingerprint density at radius 1 is 1.08 bits per heavy atom. The van der Waals surface area contributed by atoms with E-state index in [9.17, 15) is 13.0 Å². The van der Waals surface area contributed by atoms with Gasteiger partial charge < -0.3 is 9.66 Å². The third-order valence-electron chi connectivity index (χ3n) is 5.34. The number of aliphatic carboxylic acids is 1. The van der Waals surface area contributed by atoms with Crippen molar-refractivity contribution < 1.29 is 27.4 Å². The molecular formula is C27H25N3O5S3. The van der Waals surface area contributed by atoms with Gasteiger partial charge in [0.25, 0.3) is 11.0 Å². The van der Waals surface area contributed by atoms with E-state index in [4.69, 9.17) is 15.0 Å². The van der Waals surface area contributed by atoms with Gasteiger partial charge >= 0.3 is 0 Å². The van der Waals surface area contributed by atoms with Crippen molar-refractivity contribution >= 4 is 61.1 Å². The quantitative estimate of drug-likeness (QED) is 0.201. The Morgan fingerprint density at radius 2 is 1.79 bits per heavy atom. The van der Waals surface area contributed by atoms with Gasteiger partial charge in [-0.2, -0.15) is 9.67 Å². The van der Waals surface area contributed by atoms with E-state index >= 15 is 0 Å². The highest BCUT2D eigenvalue weighted by Crippen LogP contribution is 2.30. The van der Waals surface area contributed by atoms with Gasteiger partial charge in [0.15, 0.2) is 6.54 Å². The van der Waals surface area contributed by atoms with Gasteiger partial charge in [0.1, 0.15) is 10.4 Å². The molecule has 0 aliphatic rings. The van der Waals surface area contributed by atoms with Crippen molar-refractivity contribution in [3.63, 3.8) is 0 Å². The van der Waals surface area contributed by atoms with Crippen LogP contribution in [0.15, 0.2) is 78.3 Å². The number of para-hydroxylation sites is 2. The molecule has 2 aromatic carbocycles. The van der Waals surface area contributed by atoms with Crippen molar-refractivity contribution in [2.75, 3.05) is 5.75 Å². The lowest BCUT2D eigenvalue weighted by Gasteiger charge is -2.04. The molecule has 0 radical (unpaired) electrons. The summed E-state index contributed by atoms with van der Waals surface area (Å²) in [5, 5.41) is 15.3. The maximum atomic E-state index is 11.1. The molecule has 5 rings (SSSR count). The average molecular weight is 568 g/mol. The number of carboxylic acids is 1. The van der Waals surface area contributed by atoms with Gasteiger partial charge in [-0.05, 0) is 35.7 Å². The highest BCUT2D eigenvalue weighted by atomic mass is 32.2. The highest BCUT2D eigenvalue weighted by molar-refractivity contribution is 7.85. The van der Waals surface area contributed by atoms with E-state index in [1.165, 1.54) is 0 Å². The molecule has 0 amide bonds. The summed E-state index contributed by atoms with van der Waals surface area (Å²) < 4.78 is 38.4. The maximum Gasteiger partial charge on any atom is 0.300 e. The summed E-state index contributed by atoms with van der Waals surface area (Å²) >= 11 is 3.27. The molecule has 196 valence electrons. The average Bonchev–Trinajstić information content (AvgIpc) is 3.61. The number of hydrogen-bond donors (Lipinski definition) is 1. The molecule has 5 aromatic rings. The summed E-state index contributed by atoms with van der Waals surface area (Å²) in [6, 6.07) is 22.1. The highest BCUT2D eigenvalue weighted by Gasteiger charge is 2.19. The van der Waals surface area contributed by atoms with E-state index in [0.717, 1.165) is 44.0 Å². The second-order valence-electron chi connectivity index (χ2n) is 8.22. The molecule has 11 heteroatoms. The first-order chi connectivity index (χ1) is 18.2. The Kier molecular flexibility index (Phi) is 8.85. The lowest BCUT2D eigenvalue weighted by Crippen LogP contribution is -2.35. The van der Waals surface area contributed by atoms with Crippen LogP contribution in [0.4, 0.5) is 0 Å². The monoisotopic (exact) mass is 567 g/mol. The number of thiazole rings is 1. The number of nitrogens with zero attached hydrogens (tertiary/aromatic N) is 3. The summed E-state index contributed by atoms with van der Waals surface area (Å²) in [6.45, 7) is 1.53. The summed E-state index contributed by atoms with van der Waals surface area (Å²) in [7, 11) is -4.24. The molecule has 0 spiro atoms. The van der Waals surface area contributed by atoms with Gasteiger partial charge in [0.05, 0.1) is 20.7 Å². The third kappa shape index (κ3) is 7.23. The zero-order valence-electron chi connectivity index (χ0n) is 20.4. The van der Waals surface area contributed by atoms with Crippen LogP contribution in [0.3, 0.4) is 0 Å². The Morgan fingerprint density at radius 3 is 2.47 bits per heavy atom. The molecule has 3 aromatic heterocycles. The largest absolute Gasteiger partial charge is 0.748 e. The molecule has 38 heavy (non-hydrogen) atoms. The van der Waals surface area contributed by atoms with Crippen LogP contribution in [0, 0.1) is 0 Å². The molecule has 0 unspecified atom stereocenters. The van der Waals surface area contributed by atoms with Crippen LogP contribution in [0.5, 0.6) is 0 Å². The Balaban J connectivity index is 0.000000786. The van der Waals surface area contributed by atoms with Gasteiger partial charge in [-0.25, -0.2) is 13.1 Å². The zero-order valence-corrected chi connectivity index (χ0v) is 22.9. The number of aryl methyl sites for hydroxylation is 1. The van der Waals surface area contributed by atoms with Crippen LogP contribution in [0.25, 0.3) is 38.6 Å². The number of benzene rings is 2. The van der Waals surface area contributed by atoms with Crippen molar-refractivity contribution in [1.82, 2.24) is 9.78 Å². The molecule has 0 saturated carbocycles. The summed E-state index contributed by atoms with van der Waals surface area (Å²) in [4.78, 5) is 10.1. The minimum absolute atomic E-state index is 0.268. The molecule has 3 heterocycles. The molecule has 8 nitrogen and oxygen atoms in total. The zero-order chi connectivity index (χ0) is 27.1. The smallest absolute Gasteiger partial charge is 0.300 e. The van der Waals surface area contributed by atoms with Crippen LogP contribution in [-0.4, -0.2) is 39.6 Å². The minimum Gasteiger partial charge on any atom is -0.748 e. The second-order valence-corrected chi connectivity index (χ2v) is 11.8. The number of carbonyl (C=O) groups is 1. The first-order valence-corrected chi connectivity index (χ1v) is 14.9. The number of fused-ring (bicyclic) bond motifs is 1. The standard InChI is InChI=1S/C25H21N3O3S3.C2H4O2/c29-34(30,31)17-7-15-27-21-10-4-5-11-22(21)33-24(27)14-13-19-18-28(20-8-2-1-3-9-20)26-25(19)23-12-6-16-32-23;1-2(3)4/h1-6,8-14,16,18H,7,15,17H2;1H3,(H,3,4). The fourth-order valence-corrected chi connectivity index (χ4v) is 6.10. The predicted octanol–water partition coefficient (Wildman–Crippen LogP) is 5.30. The molecule has 0 aliphatic heterocycles. The van der Waals surface area contributed by atoms with Crippen LogP contribution in [0.1, 0.15) is 23.9 Å². The number of thiophene rings is 1. The topological polar surface area (TPSA) is 116 Å². The number of carboxylic acid groups (broad SMARTS) is 1. The van der Waals surface area contributed by atoms with E-state index in [0.29, 0.717) is 6.54 Å². The van der Waals surface area contributed by atoms with Gasteiger partial charge in [0.2, 0.25) is 5.52 Å². The molecule has 0 atom stereocenters. The number of aromatic nitrogens is 3. The first-order valence-electron chi connectivity index (χ1n) is 11.6. The van der Waals surface area contributed by atoms with E-state index in [2.05, 4.69) is 10.6 Å². The molecule has 1 N–H and O–H groups in total. The van der Waals surface area contributed by atoms with Gasteiger partial charge in [-0.3, -0.25) is 4.79 Å². The van der Waals surface area contributed by atoms with Gasteiger partial charge in [0, 0.05) is 43.0 Å². The summed E-state index contributed by atoms with van der Waals surface area (Å²) in [6.07, 6.45) is 6.37. The molecule has 0 aliphatic carbocycles. The fourth-order valence-electron chi connectivity index (χ4n) is 3.80. The van der Waals surface area contributed by atoms with Crippen LogP contribution in [0.2, 0.25) is 0 Å². The Hall–Kier alpha value is -3.64. The van der Waals surface area contributed by atoms with Crippen LogP contribution in [-0.2, 0) is 21.5 Å². The number of hydrogen-bond acceptors (Lipinski definition) is 7. The first kappa shape index (κ1) is 27.4. The number of rotatable bonds is 8. The molecule has 0 saturated heterocycles. The second kappa shape index (κ2) is 12.3. The van der Waals surface area contributed by atoms with Gasteiger partial charge in [-0.15, -0.1) is 11.3 Å². The van der Waals surface area contributed by atoms with E-state index < -0.39 is 16.1 Å². The fraction of sp³-hybridized carbons (Fsp3) is 0.148. The maximum absolute atomic E-state index is 11.1. The summed E-state index contributed by atoms with van der Waals surface area (Å²) in [5.74, 6) is -1.21. The van der Waals surface area contributed by atoms with E-state index in [1.807, 2.05) is 89.1 Å². The lowest BCUT2D eigenvalue weighted by molar-refractivity contribution is -0.668. The van der Waals surface area contributed by atoms with Gasteiger partial charge in [-0.1, -0.05) is 47.7 Å². The van der Waals surface area contributed by atoms with Crippen molar-refractivity contribution in [3.05, 3.63) is 88.9 Å². The SMILES string of the molecule is CC(=O)O.O=S(=O)([O-])CCC[n+]1c(/C=C/c2cn(-c3ccccc3)nc2-c2cccs2)sc2ccccc21. The summed E-state index contributed by atoms with van der Waals surface area (Å²) in [5.41, 5.74) is 3.89.